The fourth-order valence-corrected chi connectivity index (χ4v) is 4.51. The number of nitrogen functional groups attached to an aromatic ring is 1. The van der Waals surface area contributed by atoms with Crippen LogP contribution in [0.3, 0.4) is 0 Å². The third-order valence-corrected chi connectivity index (χ3v) is 6.76. The SMILES string of the molecule is CCOC(=O)c1ccc(NC(=O)CSc2ncc(S(=O)(=O)c3ccccc3)c(N)n2)cc1. The van der Waals surface area contributed by atoms with E-state index in [1.54, 1.807) is 49.4 Å². The molecule has 0 unspecified atom stereocenters. The summed E-state index contributed by atoms with van der Waals surface area (Å²) in [6, 6.07) is 14.1. The molecule has 0 radical (unpaired) electrons. The van der Waals surface area contributed by atoms with Crippen LogP contribution in [-0.2, 0) is 19.4 Å². The Balaban J connectivity index is 1.61. The minimum absolute atomic E-state index is 0.0240. The molecule has 0 fully saturated rings. The fourth-order valence-electron chi connectivity index (χ4n) is 2.60. The van der Waals surface area contributed by atoms with Crippen molar-refractivity contribution in [3.8, 4) is 0 Å². The van der Waals surface area contributed by atoms with Crippen molar-refractivity contribution in [2.45, 2.75) is 21.9 Å². The Kier molecular flexibility index (Phi) is 7.44. The average molecular weight is 473 g/mol. The summed E-state index contributed by atoms with van der Waals surface area (Å²) < 4.78 is 30.3. The van der Waals surface area contributed by atoms with E-state index < -0.39 is 15.8 Å². The van der Waals surface area contributed by atoms with Gasteiger partial charge in [0, 0.05) is 5.69 Å². The summed E-state index contributed by atoms with van der Waals surface area (Å²) in [6.07, 6.45) is 1.14. The van der Waals surface area contributed by atoms with E-state index in [2.05, 4.69) is 15.3 Å². The van der Waals surface area contributed by atoms with Gasteiger partial charge >= 0.3 is 5.97 Å². The van der Waals surface area contributed by atoms with Crippen molar-refractivity contribution in [3.05, 3.63) is 66.4 Å². The summed E-state index contributed by atoms with van der Waals surface area (Å²) >= 11 is 1.01. The number of nitrogens with two attached hydrogens (primary N) is 1. The number of thioether (sulfide) groups is 1. The number of benzene rings is 2. The number of carbonyl (C=O) groups excluding carboxylic acids is 2. The van der Waals surface area contributed by atoms with Crippen LogP contribution in [0.1, 0.15) is 17.3 Å². The molecule has 3 N–H and O–H groups in total. The molecule has 0 aliphatic heterocycles. The Hall–Kier alpha value is -3.44. The van der Waals surface area contributed by atoms with E-state index in [9.17, 15) is 18.0 Å². The number of aromatic nitrogens is 2. The predicted molar refractivity (Wildman–Crippen MR) is 120 cm³/mol. The lowest BCUT2D eigenvalue weighted by Crippen LogP contribution is -2.15. The Labute approximate surface area is 189 Å². The van der Waals surface area contributed by atoms with E-state index >= 15 is 0 Å². The molecule has 2 aromatic carbocycles. The zero-order chi connectivity index (χ0) is 23.1. The first-order valence-corrected chi connectivity index (χ1v) is 11.9. The molecule has 1 heterocycles. The van der Waals surface area contributed by atoms with Crippen molar-refractivity contribution in [1.82, 2.24) is 9.97 Å². The summed E-state index contributed by atoms with van der Waals surface area (Å²) in [5.74, 6) is -0.985. The summed E-state index contributed by atoms with van der Waals surface area (Å²) in [6.45, 7) is 2.00. The lowest BCUT2D eigenvalue weighted by molar-refractivity contribution is -0.113. The maximum atomic E-state index is 12.7. The molecule has 3 rings (SSSR count). The van der Waals surface area contributed by atoms with Gasteiger partial charge in [-0.3, -0.25) is 4.79 Å². The maximum absolute atomic E-state index is 12.7. The molecule has 0 aliphatic carbocycles. The molecule has 0 saturated carbocycles. The molecule has 0 atom stereocenters. The van der Waals surface area contributed by atoms with Crippen LogP contribution in [0.5, 0.6) is 0 Å². The molecule has 0 spiro atoms. The van der Waals surface area contributed by atoms with Crippen LogP contribution in [0, 0.1) is 0 Å². The topological polar surface area (TPSA) is 141 Å². The second kappa shape index (κ2) is 10.2. The van der Waals surface area contributed by atoms with Gasteiger partial charge in [0.2, 0.25) is 15.7 Å². The second-order valence-corrected chi connectivity index (χ2v) is 9.21. The highest BCUT2D eigenvalue weighted by Gasteiger charge is 2.22. The van der Waals surface area contributed by atoms with Gasteiger partial charge in [0.15, 0.2) is 5.16 Å². The van der Waals surface area contributed by atoms with Crippen molar-refractivity contribution in [2.24, 2.45) is 0 Å². The predicted octanol–water partition coefficient (Wildman–Crippen LogP) is 2.80. The van der Waals surface area contributed by atoms with E-state index in [0.29, 0.717) is 11.3 Å². The van der Waals surface area contributed by atoms with Crippen LogP contribution in [0.2, 0.25) is 0 Å². The number of sulfone groups is 1. The molecular weight excluding hydrogens is 452 g/mol. The molecule has 11 heteroatoms. The zero-order valence-electron chi connectivity index (χ0n) is 17.0. The van der Waals surface area contributed by atoms with Gasteiger partial charge in [-0.15, -0.1) is 0 Å². The van der Waals surface area contributed by atoms with E-state index in [4.69, 9.17) is 10.5 Å². The number of amides is 1. The van der Waals surface area contributed by atoms with Crippen LogP contribution in [0.4, 0.5) is 11.5 Å². The normalized spacial score (nSPS) is 11.0. The summed E-state index contributed by atoms with van der Waals surface area (Å²) in [7, 11) is -3.84. The maximum Gasteiger partial charge on any atom is 0.338 e. The molecule has 9 nitrogen and oxygen atoms in total. The second-order valence-electron chi connectivity index (χ2n) is 6.35. The van der Waals surface area contributed by atoms with E-state index in [-0.39, 0.29) is 39.0 Å². The lowest BCUT2D eigenvalue weighted by atomic mass is 10.2. The molecular formula is C21H20N4O5S2. The highest BCUT2D eigenvalue weighted by Crippen LogP contribution is 2.25. The van der Waals surface area contributed by atoms with Gasteiger partial charge < -0.3 is 15.8 Å². The van der Waals surface area contributed by atoms with E-state index in [0.717, 1.165) is 18.0 Å². The number of nitrogens with one attached hydrogen (secondary N) is 1. The largest absolute Gasteiger partial charge is 0.462 e. The number of hydrogen-bond acceptors (Lipinski definition) is 9. The summed E-state index contributed by atoms with van der Waals surface area (Å²) in [5, 5.41) is 2.86. The first-order valence-electron chi connectivity index (χ1n) is 9.43. The number of rotatable bonds is 8. The fraction of sp³-hybridized carbons (Fsp3) is 0.143. The quantitative estimate of drug-likeness (QED) is 0.287. The minimum atomic E-state index is -3.84. The molecule has 1 aromatic heterocycles. The number of ether oxygens (including phenoxy) is 1. The van der Waals surface area contributed by atoms with Gasteiger partial charge in [0.05, 0.1) is 29.0 Å². The average Bonchev–Trinajstić information content (AvgIpc) is 2.79. The number of anilines is 2. The Morgan fingerprint density at radius 1 is 1.09 bits per heavy atom. The van der Waals surface area contributed by atoms with Crippen molar-refractivity contribution in [2.75, 3.05) is 23.4 Å². The van der Waals surface area contributed by atoms with Crippen molar-refractivity contribution in [1.29, 1.82) is 0 Å². The van der Waals surface area contributed by atoms with E-state index in [1.807, 2.05) is 0 Å². The standard InChI is InChI=1S/C21H20N4O5S2/c1-2-30-20(27)14-8-10-15(11-9-14)24-18(26)13-31-21-23-12-17(19(22)25-21)32(28,29)16-6-4-3-5-7-16/h3-12H,2,13H2,1H3,(H,24,26)(H2,22,23,25). The van der Waals surface area contributed by atoms with Crippen LogP contribution in [0.25, 0.3) is 0 Å². The van der Waals surface area contributed by atoms with Gasteiger partial charge in [0.25, 0.3) is 0 Å². The van der Waals surface area contributed by atoms with Crippen LogP contribution >= 0.6 is 11.8 Å². The van der Waals surface area contributed by atoms with Crippen molar-refractivity contribution < 1.29 is 22.7 Å². The smallest absolute Gasteiger partial charge is 0.338 e. The highest BCUT2D eigenvalue weighted by atomic mass is 32.2. The Bertz CT molecular complexity index is 1220. The van der Waals surface area contributed by atoms with Gasteiger partial charge in [-0.1, -0.05) is 30.0 Å². The summed E-state index contributed by atoms with van der Waals surface area (Å²) in [5.41, 5.74) is 6.74. The van der Waals surface area contributed by atoms with Crippen molar-refractivity contribution in [3.63, 3.8) is 0 Å². The van der Waals surface area contributed by atoms with Crippen LogP contribution in [0.15, 0.2) is 75.7 Å². The van der Waals surface area contributed by atoms with Gasteiger partial charge in [-0.05, 0) is 43.3 Å². The Morgan fingerprint density at radius 2 is 1.78 bits per heavy atom. The highest BCUT2D eigenvalue weighted by molar-refractivity contribution is 7.99. The molecule has 0 saturated heterocycles. The number of hydrogen-bond donors (Lipinski definition) is 2. The van der Waals surface area contributed by atoms with E-state index in [1.165, 1.54) is 12.1 Å². The third kappa shape index (κ3) is 5.62. The van der Waals surface area contributed by atoms with Gasteiger partial charge in [-0.25, -0.2) is 23.2 Å². The van der Waals surface area contributed by atoms with Crippen molar-refractivity contribution >= 4 is 45.0 Å². The lowest BCUT2D eigenvalue weighted by Gasteiger charge is -2.08. The first-order chi connectivity index (χ1) is 15.3. The summed E-state index contributed by atoms with van der Waals surface area (Å²) in [4.78, 5) is 31.8. The molecule has 166 valence electrons. The number of nitrogens with zero attached hydrogens (tertiary/aromatic N) is 2. The minimum Gasteiger partial charge on any atom is -0.462 e. The molecule has 32 heavy (non-hydrogen) atoms. The zero-order valence-corrected chi connectivity index (χ0v) is 18.7. The number of esters is 1. The first kappa shape index (κ1) is 23.2. The molecule has 3 aromatic rings. The molecule has 1 amide bonds. The van der Waals surface area contributed by atoms with Crippen LogP contribution < -0.4 is 11.1 Å². The van der Waals surface area contributed by atoms with Gasteiger partial charge in [0.1, 0.15) is 10.7 Å². The van der Waals surface area contributed by atoms with Crippen LogP contribution in [-0.4, -0.2) is 42.6 Å². The molecule has 0 aliphatic rings. The van der Waals surface area contributed by atoms with Gasteiger partial charge in [-0.2, -0.15) is 0 Å². The monoisotopic (exact) mass is 472 g/mol. The Morgan fingerprint density at radius 3 is 2.41 bits per heavy atom. The third-order valence-electron chi connectivity index (χ3n) is 4.12. The number of carbonyl (C=O) groups is 2. The molecule has 0 bridgehead atoms.